The first-order chi connectivity index (χ1) is 11.4. The van der Waals surface area contributed by atoms with Crippen molar-refractivity contribution < 1.29 is 9.53 Å². The molecule has 24 heavy (non-hydrogen) atoms. The Morgan fingerprint density at radius 3 is 2.46 bits per heavy atom. The van der Waals surface area contributed by atoms with E-state index in [1.54, 1.807) is 20.2 Å². The molecule has 0 aliphatic rings. The third kappa shape index (κ3) is 4.68. The van der Waals surface area contributed by atoms with Gasteiger partial charge >= 0.3 is 0 Å². The van der Waals surface area contributed by atoms with Gasteiger partial charge in [0.1, 0.15) is 11.4 Å². The quantitative estimate of drug-likeness (QED) is 0.882. The number of anilines is 1. The van der Waals surface area contributed by atoms with Crippen LogP contribution in [0.4, 0.5) is 5.95 Å². The Morgan fingerprint density at radius 2 is 1.88 bits per heavy atom. The van der Waals surface area contributed by atoms with Crippen LogP contribution in [0.15, 0.2) is 30.3 Å². The summed E-state index contributed by atoms with van der Waals surface area (Å²) >= 11 is 0. The van der Waals surface area contributed by atoms with Gasteiger partial charge in [0.2, 0.25) is 5.95 Å². The van der Waals surface area contributed by atoms with E-state index in [9.17, 15) is 4.79 Å². The lowest BCUT2D eigenvalue weighted by atomic mass is 10.1. The van der Waals surface area contributed by atoms with Crippen LogP contribution in [0.2, 0.25) is 0 Å². The Hall–Kier alpha value is -2.63. The molecule has 128 valence electrons. The van der Waals surface area contributed by atoms with Gasteiger partial charge in [-0.3, -0.25) is 4.79 Å². The van der Waals surface area contributed by atoms with Crippen molar-refractivity contribution in [2.24, 2.45) is 5.92 Å². The molecule has 0 saturated carbocycles. The van der Waals surface area contributed by atoms with Crippen LogP contribution in [0.1, 0.15) is 30.8 Å². The van der Waals surface area contributed by atoms with Crippen LogP contribution >= 0.6 is 0 Å². The summed E-state index contributed by atoms with van der Waals surface area (Å²) in [7, 11) is 3.34. The van der Waals surface area contributed by atoms with Crippen molar-refractivity contribution >= 4 is 11.9 Å². The van der Waals surface area contributed by atoms with Gasteiger partial charge in [-0.1, -0.05) is 13.8 Å². The Morgan fingerprint density at radius 1 is 1.21 bits per heavy atom. The molecule has 1 heterocycles. The minimum absolute atomic E-state index is 0.0787. The minimum atomic E-state index is -0.209. The second-order valence-electron chi connectivity index (χ2n) is 6.25. The van der Waals surface area contributed by atoms with Crippen LogP contribution < -0.4 is 10.5 Å². The average Bonchev–Trinajstić information content (AvgIpc) is 2.53. The summed E-state index contributed by atoms with van der Waals surface area (Å²) in [4.78, 5) is 21.7. The molecule has 0 bridgehead atoms. The van der Waals surface area contributed by atoms with Gasteiger partial charge in [-0.2, -0.15) is 0 Å². The Bertz CT molecular complexity index is 697. The van der Waals surface area contributed by atoms with E-state index in [1.807, 2.05) is 24.3 Å². The highest BCUT2D eigenvalue weighted by Crippen LogP contribution is 2.22. The molecule has 6 nitrogen and oxygen atoms in total. The van der Waals surface area contributed by atoms with Crippen LogP contribution in [0.3, 0.4) is 0 Å². The summed E-state index contributed by atoms with van der Waals surface area (Å²) in [5.74, 6) is 1.29. The normalized spacial score (nSPS) is 10.7. The van der Waals surface area contributed by atoms with Gasteiger partial charge in [0.25, 0.3) is 5.91 Å². The van der Waals surface area contributed by atoms with Crippen LogP contribution in [0.5, 0.6) is 5.75 Å². The number of hydrogen-bond acceptors (Lipinski definition) is 5. The van der Waals surface area contributed by atoms with Gasteiger partial charge < -0.3 is 15.4 Å². The number of rotatable bonds is 6. The van der Waals surface area contributed by atoms with Crippen molar-refractivity contribution in [2.45, 2.75) is 20.3 Å². The number of benzene rings is 1. The topological polar surface area (TPSA) is 81.3 Å². The fraction of sp³-hybridized carbons (Fsp3) is 0.389. The van der Waals surface area contributed by atoms with E-state index in [2.05, 4.69) is 23.8 Å². The fourth-order valence-electron chi connectivity index (χ4n) is 2.09. The molecule has 0 atom stereocenters. The lowest BCUT2D eigenvalue weighted by molar-refractivity contribution is 0.0822. The second-order valence-corrected chi connectivity index (χ2v) is 6.25. The molecule has 0 saturated heterocycles. The van der Waals surface area contributed by atoms with Crippen molar-refractivity contribution in [3.8, 4) is 17.0 Å². The summed E-state index contributed by atoms with van der Waals surface area (Å²) < 4.78 is 5.71. The summed E-state index contributed by atoms with van der Waals surface area (Å²) in [6.45, 7) is 5.02. The predicted octanol–water partition coefficient (Wildman–Crippen LogP) is 2.85. The first kappa shape index (κ1) is 17.7. The largest absolute Gasteiger partial charge is 0.494 e. The molecule has 0 aliphatic heterocycles. The first-order valence-electron chi connectivity index (χ1n) is 7.96. The molecule has 2 rings (SSSR count). The van der Waals surface area contributed by atoms with E-state index in [0.29, 0.717) is 18.2 Å². The van der Waals surface area contributed by atoms with E-state index in [1.165, 1.54) is 4.90 Å². The molecule has 0 radical (unpaired) electrons. The lowest BCUT2D eigenvalue weighted by Gasteiger charge is -2.11. The number of amides is 1. The van der Waals surface area contributed by atoms with Crippen molar-refractivity contribution in [3.05, 3.63) is 36.0 Å². The number of carbonyl (C=O) groups is 1. The number of nitrogen functional groups attached to an aromatic ring is 1. The zero-order valence-corrected chi connectivity index (χ0v) is 14.6. The molecule has 2 aromatic rings. The van der Waals surface area contributed by atoms with E-state index in [4.69, 9.17) is 10.5 Å². The van der Waals surface area contributed by atoms with E-state index in [-0.39, 0.29) is 17.5 Å². The molecule has 0 fully saturated rings. The summed E-state index contributed by atoms with van der Waals surface area (Å²) in [5, 5.41) is 0. The number of nitrogens with zero attached hydrogens (tertiary/aromatic N) is 3. The highest BCUT2D eigenvalue weighted by molar-refractivity contribution is 5.93. The average molecular weight is 328 g/mol. The predicted molar refractivity (Wildman–Crippen MR) is 94.8 cm³/mol. The van der Waals surface area contributed by atoms with Crippen molar-refractivity contribution in [1.82, 2.24) is 14.9 Å². The lowest BCUT2D eigenvalue weighted by Crippen LogP contribution is -2.23. The standard InChI is InChI=1S/C18H24N4O2/c1-12(2)9-10-24-14-7-5-13(6-8-14)15-11-16(17(23)22(3)4)21-18(19)20-15/h5-8,11-12H,9-10H2,1-4H3,(H2,19,20,21). The monoisotopic (exact) mass is 328 g/mol. The summed E-state index contributed by atoms with van der Waals surface area (Å²) in [6.07, 6.45) is 1.01. The minimum Gasteiger partial charge on any atom is -0.494 e. The second kappa shape index (κ2) is 7.77. The van der Waals surface area contributed by atoms with Gasteiger partial charge in [-0.05, 0) is 42.7 Å². The highest BCUT2D eigenvalue weighted by Gasteiger charge is 2.13. The molecule has 0 aliphatic carbocycles. The van der Waals surface area contributed by atoms with Crippen LogP contribution in [-0.2, 0) is 0 Å². The molecule has 1 aromatic carbocycles. The highest BCUT2D eigenvalue weighted by atomic mass is 16.5. The molecule has 6 heteroatoms. The maximum Gasteiger partial charge on any atom is 0.272 e. The number of carbonyl (C=O) groups excluding carboxylic acids is 1. The first-order valence-corrected chi connectivity index (χ1v) is 7.96. The van der Waals surface area contributed by atoms with Gasteiger partial charge in [0, 0.05) is 19.7 Å². The van der Waals surface area contributed by atoms with Crippen LogP contribution in [0, 0.1) is 5.92 Å². The zero-order chi connectivity index (χ0) is 17.7. The van der Waals surface area contributed by atoms with E-state index < -0.39 is 0 Å². The van der Waals surface area contributed by atoms with Crippen molar-refractivity contribution in [2.75, 3.05) is 26.4 Å². The number of hydrogen-bond donors (Lipinski definition) is 1. The van der Waals surface area contributed by atoms with E-state index >= 15 is 0 Å². The van der Waals surface area contributed by atoms with E-state index in [0.717, 1.165) is 17.7 Å². The van der Waals surface area contributed by atoms with Crippen molar-refractivity contribution in [1.29, 1.82) is 0 Å². The molecule has 1 aromatic heterocycles. The SMILES string of the molecule is CC(C)CCOc1ccc(-c2cc(C(=O)N(C)C)nc(N)n2)cc1. The van der Waals surface area contributed by atoms with Gasteiger partial charge in [0.05, 0.1) is 12.3 Å². The molecule has 2 N–H and O–H groups in total. The third-order valence-corrected chi connectivity index (χ3v) is 3.48. The molecular formula is C18H24N4O2. The van der Waals surface area contributed by atoms with Gasteiger partial charge in [-0.25, -0.2) is 9.97 Å². The Kier molecular flexibility index (Phi) is 5.73. The fourth-order valence-corrected chi connectivity index (χ4v) is 2.09. The van der Waals surface area contributed by atoms with Crippen molar-refractivity contribution in [3.63, 3.8) is 0 Å². The smallest absolute Gasteiger partial charge is 0.272 e. The number of ether oxygens (including phenoxy) is 1. The van der Waals surface area contributed by atoms with Crippen LogP contribution in [0.25, 0.3) is 11.3 Å². The summed E-state index contributed by atoms with van der Waals surface area (Å²) in [6, 6.07) is 9.23. The molecule has 0 spiro atoms. The maximum atomic E-state index is 12.1. The Labute approximate surface area is 142 Å². The number of nitrogens with two attached hydrogens (primary N) is 1. The third-order valence-electron chi connectivity index (χ3n) is 3.48. The molecule has 0 unspecified atom stereocenters. The zero-order valence-electron chi connectivity index (χ0n) is 14.6. The van der Waals surface area contributed by atoms with Gasteiger partial charge in [0.15, 0.2) is 0 Å². The van der Waals surface area contributed by atoms with Crippen LogP contribution in [-0.4, -0.2) is 41.5 Å². The van der Waals surface area contributed by atoms with Gasteiger partial charge in [-0.15, -0.1) is 0 Å². The molecule has 1 amide bonds. The summed E-state index contributed by atoms with van der Waals surface area (Å²) in [5.41, 5.74) is 7.49. The Balaban J connectivity index is 2.18. The molecular weight excluding hydrogens is 304 g/mol. The maximum absolute atomic E-state index is 12.1. The number of aromatic nitrogens is 2.